The molecule has 2 rings (SSSR count). The normalized spacial score (nSPS) is 17.5. The second kappa shape index (κ2) is 5.95. The van der Waals surface area contributed by atoms with E-state index >= 15 is 0 Å². The van der Waals surface area contributed by atoms with Crippen LogP contribution in [0.25, 0.3) is 0 Å². The van der Waals surface area contributed by atoms with E-state index in [0.29, 0.717) is 11.5 Å². The number of benzene rings is 1. The minimum atomic E-state index is -4.27. The molecule has 1 atom stereocenters. The molecule has 0 heterocycles. The Hall–Kier alpha value is -1.03. The summed E-state index contributed by atoms with van der Waals surface area (Å²) in [4.78, 5) is 0. The van der Waals surface area contributed by atoms with Gasteiger partial charge in [0.25, 0.3) is 0 Å². The van der Waals surface area contributed by atoms with Crippen molar-refractivity contribution in [1.82, 2.24) is 5.32 Å². The maximum Gasteiger partial charge on any atom is 0.416 e. The van der Waals surface area contributed by atoms with Crippen molar-refractivity contribution in [2.24, 2.45) is 5.92 Å². The second-order valence-electron chi connectivity index (χ2n) is 5.27. The molecule has 4 heteroatoms. The maximum atomic E-state index is 13.1. The van der Waals surface area contributed by atoms with Gasteiger partial charge in [-0.25, -0.2) is 0 Å². The van der Waals surface area contributed by atoms with Crippen LogP contribution >= 0.6 is 0 Å². The van der Waals surface area contributed by atoms with Gasteiger partial charge in [-0.1, -0.05) is 38.0 Å². The molecule has 1 unspecified atom stereocenters. The van der Waals surface area contributed by atoms with Crippen molar-refractivity contribution in [3.8, 4) is 0 Å². The van der Waals surface area contributed by atoms with Crippen LogP contribution in [-0.4, -0.2) is 6.54 Å². The van der Waals surface area contributed by atoms with Gasteiger partial charge in [0.2, 0.25) is 0 Å². The monoisotopic (exact) mass is 271 g/mol. The molecule has 1 fully saturated rings. The molecule has 1 N–H and O–H groups in total. The van der Waals surface area contributed by atoms with Gasteiger partial charge in [-0.05, 0) is 36.9 Å². The van der Waals surface area contributed by atoms with E-state index in [1.807, 2.05) is 6.92 Å². The summed E-state index contributed by atoms with van der Waals surface area (Å²) in [6, 6.07) is 5.77. The fraction of sp³-hybridized carbons (Fsp3) is 0.600. The number of rotatable bonds is 6. The Bertz CT molecular complexity index is 410. The predicted octanol–water partition coefficient (Wildman–Crippen LogP) is 4.55. The van der Waals surface area contributed by atoms with Crippen LogP contribution in [0.1, 0.15) is 49.8 Å². The van der Waals surface area contributed by atoms with E-state index in [0.717, 1.165) is 32.2 Å². The first-order valence-electron chi connectivity index (χ1n) is 6.92. The molecule has 0 saturated heterocycles. The third-order valence-corrected chi connectivity index (χ3v) is 3.55. The zero-order chi connectivity index (χ0) is 13.9. The van der Waals surface area contributed by atoms with Crippen LogP contribution in [0, 0.1) is 5.92 Å². The molecule has 1 nitrogen and oxygen atoms in total. The lowest BCUT2D eigenvalue weighted by molar-refractivity contribution is -0.138. The standard InChI is InChI=1S/C15H20F3N/c1-2-9-19-14(10-11-7-8-11)12-5-3-4-6-13(12)15(16,17)18/h3-6,11,14,19H,2,7-10H2,1H3. The van der Waals surface area contributed by atoms with E-state index in [1.165, 1.54) is 12.1 Å². The molecule has 1 aliphatic rings. The van der Waals surface area contributed by atoms with Gasteiger partial charge in [-0.15, -0.1) is 0 Å². The van der Waals surface area contributed by atoms with Crippen LogP contribution in [-0.2, 0) is 6.18 Å². The van der Waals surface area contributed by atoms with Crippen LogP contribution in [0.3, 0.4) is 0 Å². The van der Waals surface area contributed by atoms with Gasteiger partial charge in [-0.2, -0.15) is 13.2 Å². The van der Waals surface area contributed by atoms with Gasteiger partial charge in [0.05, 0.1) is 5.56 Å². The van der Waals surface area contributed by atoms with Gasteiger partial charge in [-0.3, -0.25) is 0 Å². The Morgan fingerprint density at radius 1 is 1.26 bits per heavy atom. The van der Waals surface area contributed by atoms with Crippen molar-refractivity contribution < 1.29 is 13.2 Å². The number of hydrogen-bond acceptors (Lipinski definition) is 1. The maximum absolute atomic E-state index is 13.1. The highest BCUT2D eigenvalue weighted by Gasteiger charge is 2.36. The summed E-state index contributed by atoms with van der Waals surface area (Å²) in [6.45, 7) is 2.78. The Morgan fingerprint density at radius 3 is 2.53 bits per heavy atom. The average molecular weight is 271 g/mol. The first-order chi connectivity index (χ1) is 9.02. The Morgan fingerprint density at radius 2 is 1.95 bits per heavy atom. The molecule has 106 valence electrons. The largest absolute Gasteiger partial charge is 0.416 e. The van der Waals surface area contributed by atoms with Gasteiger partial charge < -0.3 is 5.32 Å². The summed E-state index contributed by atoms with van der Waals surface area (Å²) >= 11 is 0. The molecule has 19 heavy (non-hydrogen) atoms. The Kier molecular flexibility index (Phi) is 4.50. The van der Waals surface area contributed by atoms with Crippen LogP contribution in [0.2, 0.25) is 0 Å². The van der Waals surface area contributed by atoms with Crippen molar-refractivity contribution in [3.63, 3.8) is 0 Å². The fourth-order valence-corrected chi connectivity index (χ4v) is 2.38. The third-order valence-electron chi connectivity index (χ3n) is 3.55. The minimum Gasteiger partial charge on any atom is -0.310 e. The van der Waals surface area contributed by atoms with Crippen LogP contribution in [0.5, 0.6) is 0 Å². The first-order valence-corrected chi connectivity index (χ1v) is 6.92. The average Bonchev–Trinajstić information content (AvgIpc) is 3.17. The van der Waals surface area contributed by atoms with Crippen LogP contribution in [0.15, 0.2) is 24.3 Å². The molecular weight excluding hydrogens is 251 g/mol. The van der Waals surface area contributed by atoms with E-state index < -0.39 is 11.7 Å². The SMILES string of the molecule is CCCNC(CC1CC1)c1ccccc1C(F)(F)F. The number of alkyl halides is 3. The van der Waals surface area contributed by atoms with Crippen molar-refractivity contribution >= 4 is 0 Å². The third kappa shape index (κ3) is 3.96. The zero-order valence-electron chi connectivity index (χ0n) is 11.1. The molecule has 0 amide bonds. The summed E-state index contributed by atoms with van der Waals surface area (Å²) in [5, 5.41) is 3.27. The van der Waals surface area contributed by atoms with E-state index in [2.05, 4.69) is 5.32 Å². The lowest BCUT2D eigenvalue weighted by atomic mass is 9.95. The molecule has 0 spiro atoms. The molecule has 1 aromatic carbocycles. The molecule has 1 aliphatic carbocycles. The molecule has 0 radical (unpaired) electrons. The molecule has 0 bridgehead atoms. The van der Waals surface area contributed by atoms with E-state index in [1.54, 1.807) is 12.1 Å². The van der Waals surface area contributed by atoms with Gasteiger partial charge in [0.15, 0.2) is 0 Å². The second-order valence-corrected chi connectivity index (χ2v) is 5.27. The van der Waals surface area contributed by atoms with Crippen LogP contribution in [0.4, 0.5) is 13.2 Å². The smallest absolute Gasteiger partial charge is 0.310 e. The molecule has 0 aromatic heterocycles. The Balaban J connectivity index is 2.23. The van der Waals surface area contributed by atoms with E-state index in [4.69, 9.17) is 0 Å². The highest BCUT2D eigenvalue weighted by molar-refractivity contribution is 5.32. The van der Waals surface area contributed by atoms with Crippen molar-refractivity contribution in [2.45, 2.75) is 44.8 Å². The topological polar surface area (TPSA) is 12.0 Å². The lowest BCUT2D eigenvalue weighted by Crippen LogP contribution is -2.25. The highest BCUT2D eigenvalue weighted by atomic mass is 19.4. The van der Waals surface area contributed by atoms with E-state index in [9.17, 15) is 13.2 Å². The van der Waals surface area contributed by atoms with Crippen molar-refractivity contribution in [1.29, 1.82) is 0 Å². The summed E-state index contributed by atoms with van der Waals surface area (Å²) in [7, 11) is 0. The molecule has 0 aliphatic heterocycles. The van der Waals surface area contributed by atoms with Gasteiger partial charge in [0.1, 0.15) is 0 Å². The number of nitrogens with one attached hydrogen (secondary N) is 1. The molecule has 1 aromatic rings. The fourth-order valence-electron chi connectivity index (χ4n) is 2.38. The van der Waals surface area contributed by atoms with E-state index in [-0.39, 0.29) is 6.04 Å². The quantitative estimate of drug-likeness (QED) is 0.800. The number of hydrogen-bond donors (Lipinski definition) is 1. The molecular formula is C15H20F3N. The lowest BCUT2D eigenvalue weighted by Gasteiger charge is -2.23. The summed E-state index contributed by atoms with van der Waals surface area (Å²) in [6.07, 6.45) is -0.230. The number of halogens is 3. The van der Waals surface area contributed by atoms with Gasteiger partial charge >= 0.3 is 6.18 Å². The summed E-state index contributed by atoms with van der Waals surface area (Å²) in [5.74, 6) is 0.593. The summed E-state index contributed by atoms with van der Waals surface area (Å²) in [5.41, 5.74) is -0.0976. The van der Waals surface area contributed by atoms with Gasteiger partial charge in [0, 0.05) is 6.04 Å². The van der Waals surface area contributed by atoms with Crippen molar-refractivity contribution in [3.05, 3.63) is 35.4 Å². The summed E-state index contributed by atoms with van der Waals surface area (Å²) < 4.78 is 39.2. The highest BCUT2D eigenvalue weighted by Crippen LogP contribution is 2.41. The zero-order valence-corrected chi connectivity index (χ0v) is 11.1. The van der Waals surface area contributed by atoms with Crippen molar-refractivity contribution in [2.75, 3.05) is 6.54 Å². The van der Waals surface area contributed by atoms with Crippen LogP contribution < -0.4 is 5.32 Å². The minimum absolute atomic E-state index is 0.176. The molecule has 1 saturated carbocycles. The predicted molar refractivity (Wildman–Crippen MR) is 69.8 cm³/mol. The first kappa shape index (κ1) is 14.4. The Labute approximate surface area is 112 Å².